The van der Waals surface area contributed by atoms with Crippen LogP contribution >= 0.6 is 0 Å². The Morgan fingerprint density at radius 2 is 2.16 bits per heavy atom. The number of pyridine rings is 1. The fourth-order valence-electron chi connectivity index (χ4n) is 6.00. The molecule has 3 aliphatic heterocycles. The van der Waals surface area contributed by atoms with E-state index in [0.717, 1.165) is 69.2 Å². The van der Waals surface area contributed by atoms with Crippen LogP contribution in [0.4, 0.5) is 10.2 Å². The number of aryl methyl sites for hydroxylation is 1. The topological polar surface area (TPSA) is 83.9 Å². The first kappa shape index (κ1) is 26.1. The van der Waals surface area contributed by atoms with E-state index in [0.29, 0.717) is 37.9 Å². The Morgan fingerprint density at radius 1 is 1.24 bits per heavy atom. The zero-order chi connectivity index (χ0) is 25.6. The van der Waals surface area contributed by atoms with Crippen LogP contribution in [0, 0.1) is 5.82 Å². The molecule has 1 aromatic carbocycles. The van der Waals surface area contributed by atoms with Crippen LogP contribution in [0.1, 0.15) is 80.2 Å². The highest BCUT2D eigenvalue weighted by atomic mass is 19.1. The van der Waals surface area contributed by atoms with Crippen molar-refractivity contribution < 1.29 is 23.8 Å². The Morgan fingerprint density at radius 3 is 3.00 bits per heavy atom. The third kappa shape index (κ3) is 6.48. The van der Waals surface area contributed by atoms with Crippen molar-refractivity contribution in [2.75, 3.05) is 31.6 Å². The molecule has 200 valence electrons. The second-order valence-corrected chi connectivity index (χ2v) is 10.5. The average Bonchev–Trinajstić information content (AvgIpc) is 3.37. The molecule has 7 nitrogen and oxygen atoms in total. The molecule has 2 saturated heterocycles. The molecular weight excluding hydrogens is 473 g/mol. The number of hydrogen-bond donors (Lipinski definition) is 2. The van der Waals surface area contributed by atoms with Gasteiger partial charge in [-0.2, -0.15) is 0 Å². The minimum Gasteiger partial charge on any atom is -0.480 e. The lowest BCUT2D eigenvalue weighted by Crippen LogP contribution is -2.34. The van der Waals surface area contributed by atoms with Gasteiger partial charge in [0.15, 0.2) is 0 Å². The first-order valence-corrected chi connectivity index (χ1v) is 13.8. The smallest absolute Gasteiger partial charge is 0.325 e. The lowest BCUT2D eigenvalue weighted by Gasteiger charge is -2.30. The van der Waals surface area contributed by atoms with Crippen LogP contribution in [0.3, 0.4) is 0 Å². The molecule has 2 aromatic rings. The maximum absolute atomic E-state index is 14.3. The number of hydrogen-bond acceptors (Lipinski definition) is 6. The van der Waals surface area contributed by atoms with Gasteiger partial charge >= 0.3 is 5.97 Å². The molecule has 0 spiro atoms. The number of fused-ring (bicyclic) bond motifs is 1. The highest BCUT2D eigenvalue weighted by Gasteiger charge is 2.36. The van der Waals surface area contributed by atoms with Crippen molar-refractivity contribution in [1.29, 1.82) is 0 Å². The first-order chi connectivity index (χ1) is 18.1. The SMILES string of the molecule is O=C(O)[C@@H](c1cc(F)ccc1[C@@H]1CCCCO1)N1CC[C@@H](OCCCC[C@@H]2CCc3cccnc3N2)C1. The van der Waals surface area contributed by atoms with Gasteiger partial charge < -0.3 is 19.9 Å². The molecule has 3 aliphatic rings. The van der Waals surface area contributed by atoms with Gasteiger partial charge in [-0.3, -0.25) is 9.69 Å². The van der Waals surface area contributed by atoms with Gasteiger partial charge in [-0.15, -0.1) is 0 Å². The van der Waals surface area contributed by atoms with Gasteiger partial charge in [-0.1, -0.05) is 12.1 Å². The molecule has 0 aliphatic carbocycles. The standard InChI is InChI=1S/C29H38FN3O4/c30-21-10-12-24(26-8-2-4-17-37-26)25(18-21)27(29(34)35)33-15-13-23(19-33)36-16-3-1-7-22-11-9-20-6-5-14-31-28(20)32-22/h5-6,10,12,14,18,22-23,26-27H,1-4,7-9,11,13,15-17,19H2,(H,31,32)(H,34,35)/t22-,23-,26+,27-/m1/s1. The van der Waals surface area contributed by atoms with Crippen molar-refractivity contribution in [3.8, 4) is 0 Å². The highest BCUT2D eigenvalue weighted by molar-refractivity contribution is 5.76. The summed E-state index contributed by atoms with van der Waals surface area (Å²) >= 11 is 0. The second kappa shape index (κ2) is 12.3. The average molecular weight is 512 g/mol. The number of aliphatic carboxylic acids is 1. The number of aromatic nitrogens is 1. The molecule has 4 heterocycles. The van der Waals surface area contributed by atoms with E-state index in [4.69, 9.17) is 9.47 Å². The van der Waals surface area contributed by atoms with E-state index in [1.165, 1.54) is 17.7 Å². The summed E-state index contributed by atoms with van der Waals surface area (Å²) < 4.78 is 26.3. The fourth-order valence-corrected chi connectivity index (χ4v) is 6.00. The molecule has 0 unspecified atom stereocenters. The zero-order valence-electron chi connectivity index (χ0n) is 21.4. The van der Waals surface area contributed by atoms with Crippen LogP contribution in [0.2, 0.25) is 0 Å². The Labute approximate surface area is 218 Å². The highest BCUT2D eigenvalue weighted by Crippen LogP contribution is 2.36. The van der Waals surface area contributed by atoms with E-state index in [-0.39, 0.29) is 12.2 Å². The first-order valence-electron chi connectivity index (χ1n) is 13.8. The second-order valence-electron chi connectivity index (χ2n) is 10.5. The van der Waals surface area contributed by atoms with Crippen LogP contribution in [-0.2, 0) is 20.7 Å². The van der Waals surface area contributed by atoms with Crippen molar-refractivity contribution in [2.45, 2.75) is 82.1 Å². The van der Waals surface area contributed by atoms with Gasteiger partial charge in [0, 0.05) is 38.5 Å². The molecule has 2 N–H and O–H groups in total. The third-order valence-electron chi connectivity index (χ3n) is 7.94. The molecule has 2 fully saturated rings. The van der Waals surface area contributed by atoms with Crippen LogP contribution in [0.15, 0.2) is 36.5 Å². The summed E-state index contributed by atoms with van der Waals surface area (Å²) in [6.07, 6.45) is 10.6. The lowest BCUT2D eigenvalue weighted by atomic mass is 9.92. The Bertz CT molecular complexity index is 1060. The zero-order valence-corrected chi connectivity index (χ0v) is 21.4. The number of anilines is 1. The summed E-state index contributed by atoms with van der Waals surface area (Å²) in [4.78, 5) is 18.8. The van der Waals surface area contributed by atoms with Gasteiger partial charge in [-0.05, 0) is 92.7 Å². The van der Waals surface area contributed by atoms with Gasteiger partial charge in [0.2, 0.25) is 0 Å². The normalized spacial score (nSPS) is 24.8. The quantitative estimate of drug-likeness (QED) is 0.420. The van der Waals surface area contributed by atoms with E-state index in [2.05, 4.69) is 16.4 Å². The number of carbonyl (C=O) groups is 1. The third-order valence-corrected chi connectivity index (χ3v) is 7.94. The summed E-state index contributed by atoms with van der Waals surface area (Å²) in [5.41, 5.74) is 2.60. The summed E-state index contributed by atoms with van der Waals surface area (Å²) in [5, 5.41) is 13.7. The van der Waals surface area contributed by atoms with Gasteiger partial charge in [0.25, 0.3) is 0 Å². The Kier molecular flexibility index (Phi) is 8.69. The molecule has 0 bridgehead atoms. The Hall–Kier alpha value is -2.55. The van der Waals surface area contributed by atoms with E-state index in [9.17, 15) is 14.3 Å². The van der Waals surface area contributed by atoms with Crippen molar-refractivity contribution in [3.05, 3.63) is 59.0 Å². The van der Waals surface area contributed by atoms with Gasteiger partial charge in [0.1, 0.15) is 17.7 Å². The van der Waals surface area contributed by atoms with Crippen molar-refractivity contribution in [2.24, 2.45) is 0 Å². The number of nitrogens with zero attached hydrogens (tertiary/aromatic N) is 2. The number of likely N-dealkylation sites (tertiary alicyclic amines) is 1. The lowest BCUT2D eigenvalue weighted by molar-refractivity contribution is -0.143. The largest absolute Gasteiger partial charge is 0.480 e. The van der Waals surface area contributed by atoms with Crippen molar-refractivity contribution in [1.82, 2.24) is 9.88 Å². The molecular formula is C29H38FN3O4. The van der Waals surface area contributed by atoms with Gasteiger partial charge in [0.05, 0.1) is 12.2 Å². The molecule has 0 saturated carbocycles. The van der Waals surface area contributed by atoms with E-state index < -0.39 is 17.8 Å². The number of ether oxygens (including phenoxy) is 2. The summed E-state index contributed by atoms with van der Waals surface area (Å²) in [7, 11) is 0. The summed E-state index contributed by atoms with van der Waals surface area (Å²) in [5.74, 6) is -0.357. The van der Waals surface area contributed by atoms with E-state index in [1.807, 2.05) is 17.2 Å². The summed E-state index contributed by atoms with van der Waals surface area (Å²) in [6, 6.07) is 8.17. The molecule has 8 heteroatoms. The molecule has 0 amide bonds. The number of unbranched alkanes of at least 4 members (excludes halogenated alkanes) is 1. The molecule has 37 heavy (non-hydrogen) atoms. The number of nitrogens with one attached hydrogen (secondary N) is 1. The minimum atomic E-state index is -0.959. The number of carboxylic acid groups (broad SMARTS) is 1. The Balaban J connectivity index is 1.11. The molecule has 5 rings (SSSR count). The predicted molar refractivity (Wildman–Crippen MR) is 139 cm³/mol. The molecule has 0 radical (unpaired) electrons. The number of carboxylic acids is 1. The monoisotopic (exact) mass is 511 g/mol. The number of rotatable bonds is 10. The molecule has 1 aromatic heterocycles. The fraction of sp³-hybridized carbons (Fsp3) is 0.586. The van der Waals surface area contributed by atoms with E-state index >= 15 is 0 Å². The van der Waals surface area contributed by atoms with Crippen molar-refractivity contribution >= 4 is 11.8 Å². The molecule has 4 atom stereocenters. The summed E-state index contributed by atoms with van der Waals surface area (Å²) in [6.45, 7) is 2.46. The predicted octanol–water partition coefficient (Wildman–Crippen LogP) is 5.28. The van der Waals surface area contributed by atoms with Crippen LogP contribution in [0.5, 0.6) is 0 Å². The minimum absolute atomic E-state index is 0.00586. The van der Waals surface area contributed by atoms with Gasteiger partial charge in [-0.25, -0.2) is 9.37 Å². The maximum atomic E-state index is 14.3. The van der Waals surface area contributed by atoms with E-state index in [1.54, 1.807) is 6.07 Å². The van der Waals surface area contributed by atoms with Crippen LogP contribution in [-0.4, -0.2) is 59.4 Å². The number of benzene rings is 1. The van der Waals surface area contributed by atoms with Crippen LogP contribution < -0.4 is 5.32 Å². The maximum Gasteiger partial charge on any atom is 0.325 e. The van der Waals surface area contributed by atoms with Crippen molar-refractivity contribution in [3.63, 3.8) is 0 Å². The van der Waals surface area contributed by atoms with Crippen LogP contribution in [0.25, 0.3) is 0 Å². The number of halogens is 1.